The van der Waals surface area contributed by atoms with Gasteiger partial charge in [0.1, 0.15) is 0 Å². The van der Waals surface area contributed by atoms with Crippen LogP contribution in [-0.2, 0) is 6.61 Å². The van der Waals surface area contributed by atoms with Crippen LogP contribution >= 0.6 is 11.6 Å². The molecule has 1 atom stereocenters. The smallest absolute Gasteiger partial charge is 0.0682 e. The van der Waals surface area contributed by atoms with Crippen molar-refractivity contribution in [1.29, 1.82) is 0 Å². The van der Waals surface area contributed by atoms with Gasteiger partial charge in [0, 0.05) is 12.4 Å². The molecule has 0 aliphatic carbocycles. The van der Waals surface area contributed by atoms with Gasteiger partial charge in [0.2, 0.25) is 0 Å². The molecule has 0 radical (unpaired) electrons. The number of anilines is 1. The molecule has 0 aliphatic heterocycles. The SMILES string of the molecule is CC(C)C(Nc1cc(CO)ccc1Cl)c1cccnc1. The van der Waals surface area contributed by atoms with Gasteiger partial charge in [0.05, 0.1) is 23.4 Å². The van der Waals surface area contributed by atoms with Crippen molar-refractivity contribution in [3.63, 3.8) is 0 Å². The van der Waals surface area contributed by atoms with E-state index in [1.165, 1.54) is 0 Å². The first-order chi connectivity index (χ1) is 9.61. The van der Waals surface area contributed by atoms with Gasteiger partial charge < -0.3 is 10.4 Å². The van der Waals surface area contributed by atoms with Crippen molar-refractivity contribution in [2.75, 3.05) is 5.32 Å². The van der Waals surface area contributed by atoms with Gasteiger partial charge >= 0.3 is 0 Å². The van der Waals surface area contributed by atoms with Crippen molar-refractivity contribution in [2.24, 2.45) is 5.92 Å². The number of aliphatic hydroxyl groups excluding tert-OH is 1. The summed E-state index contributed by atoms with van der Waals surface area (Å²) in [6.45, 7) is 4.30. The number of hydrogen-bond donors (Lipinski definition) is 2. The number of pyridine rings is 1. The predicted octanol–water partition coefficient (Wildman–Crippen LogP) is 4.04. The number of hydrogen-bond acceptors (Lipinski definition) is 3. The van der Waals surface area contributed by atoms with Gasteiger partial charge in [-0.15, -0.1) is 0 Å². The maximum atomic E-state index is 9.23. The van der Waals surface area contributed by atoms with E-state index in [2.05, 4.69) is 30.2 Å². The van der Waals surface area contributed by atoms with Crippen molar-refractivity contribution >= 4 is 17.3 Å². The first kappa shape index (κ1) is 14.8. The molecule has 1 aromatic carbocycles. The van der Waals surface area contributed by atoms with Crippen LogP contribution in [0.25, 0.3) is 0 Å². The highest BCUT2D eigenvalue weighted by Gasteiger charge is 2.17. The summed E-state index contributed by atoms with van der Waals surface area (Å²) < 4.78 is 0. The van der Waals surface area contributed by atoms with Crippen LogP contribution in [0.15, 0.2) is 42.7 Å². The number of rotatable bonds is 5. The minimum atomic E-state index is 0.00505. The normalized spacial score (nSPS) is 12.4. The largest absolute Gasteiger partial charge is 0.392 e. The van der Waals surface area contributed by atoms with Crippen molar-refractivity contribution in [1.82, 2.24) is 4.98 Å². The molecule has 2 N–H and O–H groups in total. The molecule has 0 amide bonds. The lowest BCUT2D eigenvalue weighted by Crippen LogP contribution is -2.17. The Labute approximate surface area is 124 Å². The Bertz CT molecular complexity index is 558. The summed E-state index contributed by atoms with van der Waals surface area (Å²) in [4.78, 5) is 4.17. The summed E-state index contributed by atoms with van der Waals surface area (Å²) in [5, 5.41) is 13.3. The van der Waals surface area contributed by atoms with Crippen molar-refractivity contribution < 1.29 is 5.11 Å². The summed E-state index contributed by atoms with van der Waals surface area (Å²) >= 11 is 6.23. The van der Waals surface area contributed by atoms with Crippen LogP contribution in [0.2, 0.25) is 5.02 Å². The first-order valence-electron chi connectivity index (χ1n) is 6.67. The molecule has 0 spiro atoms. The molecule has 0 saturated carbocycles. The number of aliphatic hydroxyl groups is 1. The molecule has 0 aliphatic rings. The lowest BCUT2D eigenvalue weighted by atomic mass is 9.97. The van der Waals surface area contributed by atoms with E-state index >= 15 is 0 Å². The Morgan fingerprint density at radius 1 is 1.30 bits per heavy atom. The lowest BCUT2D eigenvalue weighted by Gasteiger charge is -2.24. The zero-order chi connectivity index (χ0) is 14.5. The molecular formula is C16H19ClN2O. The van der Waals surface area contributed by atoms with Crippen molar-refractivity contribution in [2.45, 2.75) is 26.5 Å². The van der Waals surface area contributed by atoms with E-state index in [4.69, 9.17) is 11.6 Å². The molecule has 1 unspecified atom stereocenters. The summed E-state index contributed by atoms with van der Waals surface area (Å²) in [5.74, 6) is 0.382. The maximum absolute atomic E-state index is 9.23. The second-order valence-corrected chi connectivity index (χ2v) is 5.53. The van der Waals surface area contributed by atoms with Crippen LogP contribution in [0.5, 0.6) is 0 Å². The van der Waals surface area contributed by atoms with Crippen LogP contribution in [0.4, 0.5) is 5.69 Å². The van der Waals surface area contributed by atoms with Crippen molar-refractivity contribution in [3.8, 4) is 0 Å². The molecule has 3 nitrogen and oxygen atoms in total. The second-order valence-electron chi connectivity index (χ2n) is 5.12. The average Bonchev–Trinajstić information content (AvgIpc) is 2.47. The van der Waals surface area contributed by atoms with E-state index in [-0.39, 0.29) is 12.6 Å². The Morgan fingerprint density at radius 3 is 2.70 bits per heavy atom. The quantitative estimate of drug-likeness (QED) is 0.873. The molecule has 1 aromatic heterocycles. The zero-order valence-electron chi connectivity index (χ0n) is 11.7. The monoisotopic (exact) mass is 290 g/mol. The van der Waals surface area contributed by atoms with E-state index in [1.807, 2.05) is 24.4 Å². The van der Waals surface area contributed by atoms with E-state index in [9.17, 15) is 5.11 Å². The fraction of sp³-hybridized carbons (Fsp3) is 0.312. The first-order valence-corrected chi connectivity index (χ1v) is 7.05. The van der Waals surface area contributed by atoms with Crippen LogP contribution in [0, 0.1) is 5.92 Å². The van der Waals surface area contributed by atoms with E-state index in [0.29, 0.717) is 10.9 Å². The predicted molar refractivity (Wildman–Crippen MR) is 82.8 cm³/mol. The second kappa shape index (κ2) is 6.73. The van der Waals surface area contributed by atoms with Crippen LogP contribution in [0.1, 0.15) is 31.0 Å². The third-order valence-electron chi connectivity index (χ3n) is 3.23. The highest BCUT2D eigenvalue weighted by atomic mass is 35.5. The highest BCUT2D eigenvalue weighted by Crippen LogP contribution is 2.30. The summed E-state index contributed by atoms with van der Waals surface area (Å²) in [6.07, 6.45) is 3.63. The Balaban J connectivity index is 2.29. The minimum Gasteiger partial charge on any atom is -0.392 e. The number of nitrogens with one attached hydrogen (secondary N) is 1. The van der Waals surface area contributed by atoms with Gasteiger partial charge in [0.15, 0.2) is 0 Å². The van der Waals surface area contributed by atoms with Crippen LogP contribution < -0.4 is 5.32 Å². The van der Waals surface area contributed by atoms with Crippen molar-refractivity contribution in [3.05, 3.63) is 58.9 Å². The Morgan fingerprint density at radius 2 is 2.10 bits per heavy atom. The molecule has 2 aromatic rings. The number of nitrogens with zero attached hydrogens (tertiary/aromatic N) is 1. The molecule has 0 saturated heterocycles. The molecule has 20 heavy (non-hydrogen) atoms. The molecule has 2 rings (SSSR count). The highest BCUT2D eigenvalue weighted by molar-refractivity contribution is 6.33. The number of aromatic nitrogens is 1. The third kappa shape index (κ3) is 3.50. The molecule has 1 heterocycles. The Hall–Kier alpha value is -1.58. The van der Waals surface area contributed by atoms with Crippen LogP contribution in [0.3, 0.4) is 0 Å². The summed E-state index contributed by atoms with van der Waals surface area (Å²) in [6, 6.07) is 9.61. The number of benzene rings is 1. The van der Waals surface area contributed by atoms with Gasteiger partial charge in [-0.1, -0.05) is 37.6 Å². The molecule has 106 valence electrons. The van der Waals surface area contributed by atoms with Gasteiger partial charge in [-0.2, -0.15) is 0 Å². The van der Waals surface area contributed by atoms with Gasteiger partial charge in [-0.05, 0) is 35.2 Å². The maximum Gasteiger partial charge on any atom is 0.0682 e. The standard InChI is InChI=1S/C16H19ClN2O/c1-11(2)16(13-4-3-7-18-9-13)19-15-8-12(10-20)5-6-14(15)17/h3-9,11,16,19-20H,10H2,1-2H3. The molecule has 4 heteroatoms. The number of halogens is 1. The van der Waals surface area contributed by atoms with E-state index in [0.717, 1.165) is 16.8 Å². The van der Waals surface area contributed by atoms with Crippen LogP contribution in [-0.4, -0.2) is 10.1 Å². The minimum absolute atomic E-state index is 0.00505. The zero-order valence-corrected chi connectivity index (χ0v) is 12.4. The van der Waals surface area contributed by atoms with Gasteiger partial charge in [-0.3, -0.25) is 4.98 Å². The van der Waals surface area contributed by atoms with Gasteiger partial charge in [0.25, 0.3) is 0 Å². The fourth-order valence-electron chi connectivity index (χ4n) is 2.14. The molecule has 0 bridgehead atoms. The average molecular weight is 291 g/mol. The Kier molecular flexibility index (Phi) is 4.99. The molecular weight excluding hydrogens is 272 g/mol. The fourth-order valence-corrected chi connectivity index (χ4v) is 2.32. The van der Waals surface area contributed by atoms with Gasteiger partial charge in [-0.25, -0.2) is 0 Å². The lowest BCUT2D eigenvalue weighted by molar-refractivity contribution is 0.282. The third-order valence-corrected chi connectivity index (χ3v) is 3.56. The van der Waals surface area contributed by atoms with E-state index in [1.54, 1.807) is 12.3 Å². The summed E-state index contributed by atoms with van der Waals surface area (Å²) in [5.41, 5.74) is 2.79. The van der Waals surface area contributed by atoms with E-state index < -0.39 is 0 Å². The topological polar surface area (TPSA) is 45.1 Å². The summed E-state index contributed by atoms with van der Waals surface area (Å²) in [7, 11) is 0. The molecule has 0 fully saturated rings.